The molecule has 0 radical (unpaired) electrons. The van der Waals surface area contributed by atoms with Gasteiger partial charge in [0.25, 0.3) is 0 Å². The molecule has 2 aromatic heterocycles. The van der Waals surface area contributed by atoms with Gasteiger partial charge in [0.05, 0.1) is 0 Å². The number of tetrazole rings is 1. The summed E-state index contributed by atoms with van der Waals surface area (Å²) in [7, 11) is 0. The second-order valence-corrected chi connectivity index (χ2v) is 8.05. The first-order chi connectivity index (χ1) is 16.0. The number of hydrogen-bond acceptors (Lipinski definition) is 6. The minimum absolute atomic E-state index is 0.125. The highest BCUT2D eigenvalue weighted by molar-refractivity contribution is 6.25. The van der Waals surface area contributed by atoms with Crippen LogP contribution in [0.5, 0.6) is 0 Å². The zero-order valence-electron chi connectivity index (χ0n) is 18.6. The van der Waals surface area contributed by atoms with Gasteiger partial charge in [-0.25, -0.2) is 4.98 Å². The second-order valence-electron chi connectivity index (χ2n) is 8.05. The SMILES string of the molecule is CCc1nc2c(n1Cc1ccc(-c3ccccc3-c3nn[nH]n3)cc1)C(=O)C(C)=C(C)C2=O. The van der Waals surface area contributed by atoms with Gasteiger partial charge < -0.3 is 4.57 Å². The molecule has 0 atom stereocenters. The van der Waals surface area contributed by atoms with Gasteiger partial charge >= 0.3 is 0 Å². The molecule has 1 aliphatic rings. The number of H-pyrrole nitrogens is 1. The van der Waals surface area contributed by atoms with E-state index in [0.29, 0.717) is 35.6 Å². The largest absolute Gasteiger partial charge is 0.320 e. The maximum Gasteiger partial charge on any atom is 0.209 e. The Morgan fingerprint density at radius 2 is 1.61 bits per heavy atom. The van der Waals surface area contributed by atoms with Crippen molar-refractivity contribution >= 4 is 11.6 Å². The van der Waals surface area contributed by atoms with Crippen LogP contribution < -0.4 is 0 Å². The van der Waals surface area contributed by atoms with Crippen molar-refractivity contribution in [3.8, 4) is 22.5 Å². The lowest BCUT2D eigenvalue weighted by Crippen LogP contribution is -2.22. The number of nitrogens with one attached hydrogen (secondary N) is 1. The van der Waals surface area contributed by atoms with Gasteiger partial charge in [-0.05, 0) is 35.8 Å². The Hall–Kier alpha value is -4.20. The molecule has 8 heteroatoms. The Morgan fingerprint density at radius 1 is 0.909 bits per heavy atom. The molecule has 0 spiro atoms. The van der Waals surface area contributed by atoms with E-state index >= 15 is 0 Å². The van der Waals surface area contributed by atoms with Crippen LogP contribution in [-0.2, 0) is 13.0 Å². The smallest absolute Gasteiger partial charge is 0.209 e. The Morgan fingerprint density at radius 3 is 2.27 bits per heavy atom. The molecule has 4 aromatic rings. The molecule has 1 aliphatic carbocycles. The molecule has 2 heterocycles. The van der Waals surface area contributed by atoms with E-state index in [4.69, 9.17) is 0 Å². The molecule has 8 nitrogen and oxygen atoms in total. The Balaban J connectivity index is 1.50. The number of ketones is 2. The van der Waals surface area contributed by atoms with Crippen molar-refractivity contribution in [1.29, 1.82) is 0 Å². The van der Waals surface area contributed by atoms with Crippen molar-refractivity contribution < 1.29 is 9.59 Å². The number of rotatable bonds is 5. The van der Waals surface area contributed by atoms with Gasteiger partial charge in [0.1, 0.15) is 17.2 Å². The molecular formula is C25H22N6O2. The maximum absolute atomic E-state index is 13.0. The fourth-order valence-corrected chi connectivity index (χ4v) is 4.20. The van der Waals surface area contributed by atoms with Crippen molar-refractivity contribution in [2.45, 2.75) is 33.7 Å². The number of nitrogens with zero attached hydrogens (tertiary/aromatic N) is 5. The number of hydrogen-bond donors (Lipinski definition) is 1. The van der Waals surface area contributed by atoms with Crippen LogP contribution in [0.15, 0.2) is 59.7 Å². The number of imidazole rings is 1. The van der Waals surface area contributed by atoms with Gasteiger partial charge in [-0.1, -0.05) is 55.5 Å². The van der Waals surface area contributed by atoms with E-state index < -0.39 is 0 Å². The summed E-state index contributed by atoms with van der Waals surface area (Å²) in [4.78, 5) is 30.3. The monoisotopic (exact) mass is 438 g/mol. The van der Waals surface area contributed by atoms with Crippen LogP contribution in [0.1, 0.15) is 53.1 Å². The third kappa shape index (κ3) is 3.40. The number of aryl methyl sites for hydroxylation is 1. The van der Waals surface area contributed by atoms with E-state index in [-0.39, 0.29) is 17.3 Å². The minimum atomic E-state index is -0.163. The predicted molar refractivity (Wildman–Crippen MR) is 123 cm³/mol. The third-order valence-electron chi connectivity index (χ3n) is 6.16. The summed E-state index contributed by atoms with van der Waals surface area (Å²) >= 11 is 0. The molecule has 33 heavy (non-hydrogen) atoms. The molecule has 0 saturated carbocycles. The summed E-state index contributed by atoms with van der Waals surface area (Å²) in [5, 5.41) is 14.4. The Kier molecular flexibility index (Phi) is 5.05. The molecule has 0 fully saturated rings. The summed E-state index contributed by atoms with van der Waals surface area (Å²) < 4.78 is 1.88. The quantitative estimate of drug-likeness (QED) is 0.504. The third-order valence-corrected chi connectivity index (χ3v) is 6.16. The number of carbonyl (C=O) groups is 2. The van der Waals surface area contributed by atoms with Crippen molar-refractivity contribution in [3.05, 3.63) is 82.5 Å². The molecular weight excluding hydrogens is 416 g/mol. The number of benzene rings is 2. The summed E-state index contributed by atoms with van der Waals surface area (Å²) in [5.41, 5.74) is 5.54. The zero-order valence-corrected chi connectivity index (χ0v) is 18.6. The molecule has 2 aromatic carbocycles. The fraction of sp³-hybridized carbons (Fsp3) is 0.200. The second kappa shape index (κ2) is 8.05. The number of carbonyl (C=O) groups excluding carboxylic acids is 2. The van der Waals surface area contributed by atoms with Crippen molar-refractivity contribution in [3.63, 3.8) is 0 Å². The summed E-state index contributed by atoms with van der Waals surface area (Å²) in [6.45, 7) is 5.83. The van der Waals surface area contributed by atoms with Crippen LogP contribution in [0.2, 0.25) is 0 Å². The van der Waals surface area contributed by atoms with Crippen LogP contribution in [0.25, 0.3) is 22.5 Å². The normalized spacial score (nSPS) is 13.5. The first kappa shape index (κ1) is 20.7. The van der Waals surface area contributed by atoms with Crippen LogP contribution in [0.4, 0.5) is 0 Å². The fourth-order valence-electron chi connectivity index (χ4n) is 4.20. The van der Waals surface area contributed by atoms with E-state index in [1.165, 1.54) is 0 Å². The van der Waals surface area contributed by atoms with Crippen molar-refractivity contribution in [2.75, 3.05) is 0 Å². The first-order valence-electron chi connectivity index (χ1n) is 10.8. The number of aromatic nitrogens is 6. The first-order valence-corrected chi connectivity index (χ1v) is 10.8. The van der Waals surface area contributed by atoms with Crippen molar-refractivity contribution in [2.24, 2.45) is 0 Å². The molecule has 5 rings (SSSR count). The van der Waals surface area contributed by atoms with E-state index in [1.807, 2.05) is 60.0 Å². The standard InChI is InChI=1S/C25H22N6O2/c1-4-20-26-21-22(24(33)15(3)14(2)23(21)32)31(20)13-16-9-11-17(12-10-16)18-7-5-6-8-19(18)25-27-29-30-28-25/h5-12H,4,13H2,1-3H3,(H,27,28,29,30). The number of Topliss-reactive ketones (excluding diaryl/α,β-unsaturated/α-hetero) is 2. The van der Waals surface area contributed by atoms with Crippen LogP contribution in [0.3, 0.4) is 0 Å². The summed E-state index contributed by atoms with van der Waals surface area (Å²) in [5.74, 6) is 0.980. The van der Waals surface area contributed by atoms with Gasteiger partial charge in [0, 0.05) is 29.7 Å². The molecule has 0 saturated heterocycles. The predicted octanol–water partition coefficient (Wildman–Crippen LogP) is 4.06. The Bertz CT molecular complexity index is 1410. The van der Waals surface area contributed by atoms with Crippen LogP contribution in [0, 0.1) is 0 Å². The maximum atomic E-state index is 13.0. The molecule has 0 unspecified atom stereocenters. The lowest BCUT2D eigenvalue weighted by molar-refractivity contribution is 0.0967. The topological polar surface area (TPSA) is 106 Å². The molecule has 0 bridgehead atoms. The highest BCUT2D eigenvalue weighted by atomic mass is 16.1. The zero-order chi connectivity index (χ0) is 23.1. The molecule has 0 amide bonds. The highest BCUT2D eigenvalue weighted by Crippen LogP contribution is 2.31. The summed E-state index contributed by atoms with van der Waals surface area (Å²) in [6.07, 6.45) is 0.627. The molecule has 0 aliphatic heterocycles. The van der Waals surface area contributed by atoms with Crippen molar-refractivity contribution in [1.82, 2.24) is 30.2 Å². The average molecular weight is 438 g/mol. The number of allylic oxidation sites excluding steroid dienone is 2. The number of fused-ring (bicyclic) bond motifs is 1. The Labute approximate surface area is 190 Å². The minimum Gasteiger partial charge on any atom is -0.320 e. The molecule has 164 valence electrons. The van der Waals surface area contributed by atoms with Gasteiger partial charge in [-0.3, -0.25) is 9.59 Å². The van der Waals surface area contributed by atoms with Crippen LogP contribution in [-0.4, -0.2) is 41.7 Å². The van der Waals surface area contributed by atoms with E-state index in [0.717, 1.165) is 28.1 Å². The summed E-state index contributed by atoms with van der Waals surface area (Å²) in [6, 6.07) is 16.0. The number of aromatic amines is 1. The van der Waals surface area contributed by atoms with Gasteiger partial charge in [-0.15, -0.1) is 10.2 Å². The highest BCUT2D eigenvalue weighted by Gasteiger charge is 2.33. The van der Waals surface area contributed by atoms with E-state index in [9.17, 15) is 9.59 Å². The van der Waals surface area contributed by atoms with E-state index in [1.54, 1.807) is 13.8 Å². The van der Waals surface area contributed by atoms with Gasteiger partial charge in [0.15, 0.2) is 0 Å². The average Bonchev–Trinajstić information content (AvgIpc) is 3.50. The van der Waals surface area contributed by atoms with Gasteiger partial charge in [0.2, 0.25) is 17.4 Å². The lowest BCUT2D eigenvalue weighted by atomic mass is 9.92. The van der Waals surface area contributed by atoms with Gasteiger partial charge in [-0.2, -0.15) is 5.21 Å². The van der Waals surface area contributed by atoms with E-state index in [2.05, 4.69) is 25.6 Å². The van der Waals surface area contributed by atoms with Crippen LogP contribution >= 0.6 is 0 Å². The molecule has 1 N–H and O–H groups in total. The lowest BCUT2D eigenvalue weighted by Gasteiger charge is -2.16.